The molecule has 0 aromatic heterocycles. The van der Waals surface area contributed by atoms with Crippen molar-refractivity contribution in [2.45, 2.75) is 65.4 Å². The van der Waals surface area contributed by atoms with Crippen LogP contribution in [0.2, 0.25) is 0 Å². The summed E-state index contributed by atoms with van der Waals surface area (Å²) in [5.41, 5.74) is 3.04. The molecule has 1 nitrogen and oxygen atoms in total. The molecule has 0 fully saturated rings. The number of aliphatic hydroxyl groups excluding tert-OH is 1. The highest BCUT2D eigenvalue weighted by atomic mass is 16.3. The molecule has 0 bridgehead atoms. The van der Waals surface area contributed by atoms with Crippen molar-refractivity contribution in [2.24, 2.45) is 5.92 Å². The second-order valence-electron chi connectivity index (χ2n) is 5.13. The fourth-order valence-electron chi connectivity index (χ4n) is 2.22. The molecule has 1 heteroatoms. The fraction of sp³-hybridized carbons (Fsp3) is 0.733. The van der Waals surface area contributed by atoms with Gasteiger partial charge in [0.2, 0.25) is 0 Å². The van der Waals surface area contributed by atoms with Crippen molar-refractivity contribution in [3.05, 3.63) is 23.3 Å². The van der Waals surface area contributed by atoms with Crippen molar-refractivity contribution in [2.75, 3.05) is 0 Å². The smallest absolute Gasteiger partial charge is 0.0515 e. The molecule has 2 unspecified atom stereocenters. The largest absolute Gasteiger partial charge is 0.393 e. The normalized spacial score (nSPS) is 22.6. The first kappa shape index (κ1) is 13.5. The zero-order chi connectivity index (χ0) is 12.0. The lowest BCUT2D eigenvalue weighted by atomic mass is 9.86. The Labute approximate surface area is 100 Å². The number of aliphatic hydroxyl groups is 1. The van der Waals surface area contributed by atoms with Crippen LogP contribution in [0.15, 0.2) is 23.3 Å². The molecule has 0 aromatic carbocycles. The van der Waals surface area contributed by atoms with E-state index in [0.717, 1.165) is 12.8 Å². The molecule has 0 aromatic rings. The van der Waals surface area contributed by atoms with Crippen molar-refractivity contribution in [3.63, 3.8) is 0 Å². The summed E-state index contributed by atoms with van der Waals surface area (Å²) in [6, 6.07) is 0. The van der Waals surface area contributed by atoms with Crippen molar-refractivity contribution in [3.8, 4) is 0 Å². The molecule has 0 saturated heterocycles. The van der Waals surface area contributed by atoms with Crippen LogP contribution in [-0.2, 0) is 0 Å². The topological polar surface area (TPSA) is 20.2 Å². The second kappa shape index (κ2) is 6.90. The van der Waals surface area contributed by atoms with Gasteiger partial charge in [0, 0.05) is 0 Å². The molecule has 0 saturated carbocycles. The molecular weight excluding hydrogens is 196 g/mol. The molecule has 0 radical (unpaired) electrons. The minimum atomic E-state index is -0.175. The van der Waals surface area contributed by atoms with Crippen LogP contribution in [0.4, 0.5) is 0 Å². The standard InChI is InChI=1S/C15H26O/c1-4-5-6-14-9-7-12(2)11-15(14)10-8-13(3)16/h9,11-13,16H,4-8,10H2,1-3H3. The van der Waals surface area contributed by atoms with Gasteiger partial charge in [-0.3, -0.25) is 0 Å². The molecule has 2 atom stereocenters. The molecule has 0 spiro atoms. The highest BCUT2D eigenvalue weighted by Gasteiger charge is 2.12. The van der Waals surface area contributed by atoms with E-state index in [1.807, 2.05) is 6.92 Å². The Hall–Kier alpha value is -0.560. The molecule has 16 heavy (non-hydrogen) atoms. The van der Waals surface area contributed by atoms with Gasteiger partial charge in [0.05, 0.1) is 6.10 Å². The van der Waals surface area contributed by atoms with E-state index in [2.05, 4.69) is 26.0 Å². The molecule has 0 amide bonds. The monoisotopic (exact) mass is 222 g/mol. The van der Waals surface area contributed by atoms with Gasteiger partial charge in [-0.1, -0.05) is 32.4 Å². The third-order valence-corrected chi connectivity index (χ3v) is 3.27. The zero-order valence-electron chi connectivity index (χ0n) is 11.0. The number of unbranched alkanes of at least 4 members (excludes halogenated alkanes) is 1. The van der Waals surface area contributed by atoms with Gasteiger partial charge in [-0.15, -0.1) is 0 Å². The Morgan fingerprint density at radius 3 is 2.75 bits per heavy atom. The average Bonchev–Trinajstić information content (AvgIpc) is 2.25. The summed E-state index contributed by atoms with van der Waals surface area (Å²) in [6.45, 7) is 6.39. The first-order valence-corrected chi connectivity index (χ1v) is 6.71. The van der Waals surface area contributed by atoms with Gasteiger partial charge >= 0.3 is 0 Å². The molecule has 92 valence electrons. The quantitative estimate of drug-likeness (QED) is 0.713. The molecule has 1 rings (SSSR count). The summed E-state index contributed by atoms with van der Waals surface area (Å²) in [5.74, 6) is 0.675. The maximum Gasteiger partial charge on any atom is 0.0515 e. The van der Waals surface area contributed by atoms with Gasteiger partial charge in [0.1, 0.15) is 0 Å². The predicted octanol–water partition coefficient (Wildman–Crippen LogP) is 4.23. The maximum absolute atomic E-state index is 9.36. The number of hydrogen-bond acceptors (Lipinski definition) is 1. The molecular formula is C15H26O. The van der Waals surface area contributed by atoms with Gasteiger partial charge in [-0.25, -0.2) is 0 Å². The summed E-state index contributed by atoms with van der Waals surface area (Å²) in [7, 11) is 0. The lowest BCUT2D eigenvalue weighted by molar-refractivity contribution is 0.185. The molecule has 1 N–H and O–H groups in total. The summed E-state index contributed by atoms with van der Waals surface area (Å²) < 4.78 is 0. The third-order valence-electron chi connectivity index (χ3n) is 3.27. The highest BCUT2D eigenvalue weighted by molar-refractivity contribution is 5.34. The number of rotatable bonds is 6. The van der Waals surface area contributed by atoms with Crippen LogP contribution in [0.3, 0.4) is 0 Å². The molecule has 1 aliphatic rings. The van der Waals surface area contributed by atoms with E-state index in [9.17, 15) is 5.11 Å². The summed E-state index contributed by atoms with van der Waals surface area (Å²) in [4.78, 5) is 0. The van der Waals surface area contributed by atoms with E-state index in [0.29, 0.717) is 5.92 Å². The maximum atomic E-state index is 9.36. The van der Waals surface area contributed by atoms with Crippen LogP contribution < -0.4 is 0 Å². The molecule has 1 aliphatic carbocycles. The van der Waals surface area contributed by atoms with Crippen molar-refractivity contribution >= 4 is 0 Å². The number of allylic oxidation sites excluding steroid dienone is 4. The van der Waals surface area contributed by atoms with Gasteiger partial charge in [-0.2, -0.15) is 0 Å². The first-order chi connectivity index (χ1) is 7.63. The first-order valence-electron chi connectivity index (χ1n) is 6.71. The highest BCUT2D eigenvalue weighted by Crippen LogP contribution is 2.29. The zero-order valence-corrected chi connectivity index (χ0v) is 11.0. The van der Waals surface area contributed by atoms with Crippen LogP contribution in [-0.4, -0.2) is 11.2 Å². The SMILES string of the molecule is CCCCC1=CCC(C)C=C1CCC(C)O. The number of hydrogen-bond donors (Lipinski definition) is 1. The Balaban J connectivity index is 2.55. The van der Waals surface area contributed by atoms with Gasteiger partial charge in [0.25, 0.3) is 0 Å². The molecule has 0 heterocycles. The summed E-state index contributed by atoms with van der Waals surface area (Å²) >= 11 is 0. The van der Waals surface area contributed by atoms with E-state index in [-0.39, 0.29) is 6.10 Å². The summed E-state index contributed by atoms with van der Waals surface area (Å²) in [6.07, 6.45) is 11.5. The lowest BCUT2D eigenvalue weighted by Crippen LogP contribution is -2.06. The van der Waals surface area contributed by atoms with Gasteiger partial charge in [0.15, 0.2) is 0 Å². The Bertz CT molecular complexity index is 261. The minimum absolute atomic E-state index is 0.175. The van der Waals surface area contributed by atoms with Gasteiger partial charge in [-0.05, 0) is 56.1 Å². The lowest BCUT2D eigenvalue weighted by Gasteiger charge is -2.20. The minimum Gasteiger partial charge on any atom is -0.393 e. The van der Waals surface area contributed by atoms with Crippen molar-refractivity contribution < 1.29 is 5.11 Å². The van der Waals surface area contributed by atoms with Gasteiger partial charge < -0.3 is 5.11 Å². The van der Waals surface area contributed by atoms with Crippen LogP contribution in [0.25, 0.3) is 0 Å². The third kappa shape index (κ3) is 4.52. The average molecular weight is 222 g/mol. The summed E-state index contributed by atoms with van der Waals surface area (Å²) in [5, 5.41) is 9.36. The predicted molar refractivity (Wildman–Crippen MR) is 70.4 cm³/mol. The van der Waals surface area contributed by atoms with Crippen molar-refractivity contribution in [1.29, 1.82) is 0 Å². The Morgan fingerprint density at radius 2 is 2.12 bits per heavy atom. The fourth-order valence-corrected chi connectivity index (χ4v) is 2.22. The van der Waals surface area contributed by atoms with E-state index < -0.39 is 0 Å². The van der Waals surface area contributed by atoms with Crippen LogP contribution in [0, 0.1) is 5.92 Å². The second-order valence-corrected chi connectivity index (χ2v) is 5.13. The van der Waals surface area contributed by atoms with Crippen molar-refractivity contribution in [1.82, 2.24) is 0 Å². The van der Waals surface area contributed by atoms with Crippen LogP contribution >= 0.6 is 0 Å². The van der Waals surface area contributed by atoms with Crippen LogP contribution in [0.1, 0.15) is 59.3 Å². The van der Waals surface area contributed by atoms with E-state index in [1.54, 1.807) is 5.57 Å². The van der Waals surface area contributed by atoms with E-state index >= 15 is 0 Å². The Morgan fingerprint density at radius 1 is 1.38 bits per heavy atom. The van der Waals surface area contributed by atoms with E-state index in [1.165, 1.54) is 31.3 Å². The van der Waals surface area contributed by atoms with E-state index in [4.69, 9.17) is 0 Å². The van der Waals surface area contributed by atoms with Crippen LogP contribution in [0.5, 0.6) is 0 Å². The Kier molecular flexibility index (Phi) is 5.83. The molecule has 0 aliphatic heterocycles.